The van der Waals surface area contributed by atoms with E-state index in [9.17, 15) is 0 Å². The maximum absolute atomic E-state index is 3.99. The van der Waals surface area contributed by atoms with Crippen molar-refractivity contribution in [3.63, 3.8) is 0 Å². The zero-order valence-electron chi connectivity index (χ0n) is 8.22. The second kappa shape index (κ2) is 4.01. The molecule has 2 heterocycles. The van der Waals surface area contributed by atoms with Crippen LogP contribution >= 0.6 is 0 Å². The maximum atomic E-state index is 3.99. The zero-order valence-corrected chi connectivity index (χ0v) is 8.22. The molecule has 14 heavy (non-hydrogen) atoms. The van der Waals surface area contributed by atoms with Crippen LogP contribution in [-0.4, -0.2) is 4.98 Å². The molecular weight excluding hydrogens is 172 g/mol. The van der Waals surface area contributed by atoms with Gasteiger partial charge in [0.15, 0.2) is 18.9 Å². The van der Waals surface area contributed by atoms with E-state index in [-0.39, 0.29) is 0 Å². The van der Waals surface area contributed by atoms with Crippen LogP contribution in [0.25, 0.3) is 0 Å². The normalized spacial score (nSPS) is 10.1. The average molecular weight is 185 g/mol. The second-order valence-electron chi connectivity index (χ2n) is 3.40. The molecule has 0 saturated heterocycles. The summed E-state index contributed by atoms with van der Waals surface area (Å²) in [4.78, 5) is 3.99. The molecule has 2 aromatic heterocycles. The SMILES string of the molecule is Cc1cc[n+](Cc2ccncc2)cc1. The minimum atomic E-state index is 0.906. The van der Waals surface area contributed by atoms with Crippen molar-refractivity contribution in [2.45, 2.75) is 13.5 Å². The summed E-state index contributed by atoms with van der Waals surface area (Å²) in [6, 6.07) is 8.29. The Bertz CT molecular complexity index is 392. The van der Waals surface area contributed by atoms with E-state index < -0.39 is 0 Å². The van der Waals surface area contributed by atoms with Crippen molar-refractivity contribution in [2.24, 2.45) is 0 Å². The van der Waals surface area contributed by atoms with Crippen LogP contribution in [0.4, 0.5) is 0 Å². The van der Waals surface area contributed by atoms with E-state index in [0.717, 1.165) is 6.54 Å². The van der Waals surface area contributed by atoms with Crippen LogP contribution in [0.1, 0.15) is 11.1 Å². The molecule has 0 aliphatic carbocycles. The van der Waals surface area contributed by atoms with Crippen LogP contribution in [-0.2, 0) is 6.54 Å². The molecule has 0 unspecified atom stereocenters. The zero-order chi connectivity index (χ0) is 9.80. The minimum absolute atomic E-state index is 0.906. The summed E-state index contributed by atoms with van der Waals surface area (Å²) in [5, 5.41) is 0. The summed E-state index contributed by atoms with van der Waals surface area (Å²) >= 11 is 0. The molecule has 0 aliphatic rings. The quantitative estimate of drug-likeness (QED) is 0.651. The fraction of sp³-hybridized carbons (Fsp3) is 0.167. The van der Waals surface area contributed by atoms with Crippen LogP contribution in [0.15, 0.2) is 49.1 Å². The number of hydrogen-bond acceptors (Lipinski definition) is 1. The van der Waals surface area contributed by atoms with E-state index in [1.807, 2.05) is 24.5 Å². The highest BCUT2D eigenvalue weighted by molar-refractivity contribution is 5.08. The van der Waals surface area contributed by atoms with E-state index >= 15 is 0 Å². The first kappa shape index (κ1) is 8.88. The molecule has 0 amide bonds. The van der Waals surface area contributed by atoms with E-state index in [4.69, 9.17) is 0 Å². The van der Waals surface area contributed by atoms with Crippen LogP contribution in [0, 0.1) is 6.92 Å². The minimum Gasteiger partial charge on any atom is -0.265 e. The summed E-state index contributed by atoms with van der Waals surface area (Å²) in [5.74, 6) is 0. The number of hydrogen-bond donors (Lipinski definition) is 0. The summed E-state index contributed by atoms with van der Waals surface area (Å²) in [7, 11) is 0. The van der Waals surface area contributed by atoms with E-state index in [1.165, 1.54) is 11.1 Å². The van der Waals surface area contributed by atoms with Gasteiger partial charge in [-0.2, -0.15) is 0 Å². The van der Waals surface area contributed by atoms with Crippen molar-refractivity contribution in [3.05, 3.63) is 60.2 Å². The van der Waals surface area contributed by atoms with Gasteiger partial charge in [0.05, 0.1) is 0 Å². The molecule has 0 spiro atoms. The Balaban J connectivity index is 2.16. The smallest absolute Gasteiger partial charge is 0.173 e. The van der Waals surface area contributed by atoms with Crippen LogP contribution < -0.4 is 4.57 Å². The van der Waals surface area contributed by atoms with Gasteiger partial charge in [0, 0.05) is 30.1 Å². The standard InChI is InChI=1S/C12H13N2/c1-11-4-8-14(9-5-11)10-12-2-6-13-7-3-12/h2-9H,10H2,1H3/q+1. The van der Waals surface area contributed by atoms with Gasteiger partial charge in [-0.25, -0.2) is 4.57 Å². The van der Waals surface area contributed by atoms with Gasteiger partial charge in [-0.05, 0) is 24.6 Å². The number of nitrogens with zero attached hydrogens (tertiary/aromatic N) is 2. The maximum Gasteiger partial charge on any atom is 0.173 e. The molecule has 2 rings (SSSR count). The van der Waals surface area contributed by atoms with Crippen LogP contribution in [0.2, 0.25) is 0 Å². The molecule has 0 N–H and O–H groups in total. The fourth-order valence-corrected chi connectivity index (χ4v) is 1.34. The highest BCUT2D eigenvalue weighted by Crippen LogP contribution is 1.96. The number of rotatable bonds is 2. The van der Waals surface area contributed by atoms with Crippen molar-refractivity contribution in [3.8, 4) is 0 Å². The van der Waals surface area contributed by atoms with Gasteiger partial charge < -0.3 is 0 Å². The molecule has 2 heteroatoms. The van der Waals surface area contributed by atoms with Crippen molar-refractivity contribution < 1.29 is 4.57 Å². The van der Waals surface area contributed by atoms with E-state index in [0.29, 0.717) is 0 Å². The first-order chi connectivity index (χ1) is 6.84. The van der Waals surface area contributed by atoms with Crippen molar-refractivity contribution in [1.29, 1.82) is 0 Å². The number of aromatic nitrogens is 2. The summed E-state index contributed by atoms with van der Waals surface area (Å²) < 4.78 is 2.16. The Hall–Kier alpha value is -1.70. The van der Waals surface area contributed by atoms with Gasteiger partial charge in [-0.15, -0.1) is 0 Å². The summed E-state index contributed by atoms with van der Waals surface area (Å²) in [5.41, 5.74) is 2.56. The van der Waals surface area contributed by atoms with Gasteiger partial charge in [0.1, 0.15) is 0 Å². The van der Waals surface area contributed by atoms with Gasteiger partial charge in [-0.1, -0.05) is 0 Å². The first-order valence-corrected chi connectivity index (χ1v) is 4.69. The molecule has 0 radical (unpaired) electrons. The summed E-state index contributed by atoms with van der Waals surface area (Å²) in [6.45, 7) is 3.00. The summed E-state index contributed by atoms with van der Waals surface area (Å²) in [6.07, 6.45) is 7.83. The number of aryl methyl sites for hydroxylation is 1. The largest absolute Gasteiger partial charge is 0.265 e. The van der Waals surface area contributed by atoms with Gasteiger partial charge in [0.25, 0.3) is 0 Å². The Morgan fingerprint density at radius 3 is 2.36 bits per heavy atom. The second-order valence-corrected chi connectivity index (χ2v) is 3.40. The van der Waals surface area contributed by atoms with Crippen molar-refractivity contribution in [2.75, 3.05) is 0 Å². The third-order valence-corrected chi connectivity index (χ3v) is 2.17. The molecule has 70 valence electrons. The van der Waals surface area contributed by atoms with Crippen molar-refractivity contribution >= 4 is 0 Å². The first-order valence-electron chi connectivity index (χ1n) is 4.69. The highest BCUT2D eigenvalue weighted by atomic mass is 14.9. The Morgan fingerprint density at radius 2 is 1.71 bits per heavy atom. The third kappa shape index (κ3) is 2.16. The monoisotopic (exact) mass is 185 g/mol. The molecule has 0 aliphatic heterocycles. The van der Waals surface area contributed by atoms with Crippen LogP contribution in [0.5, 0.6) is 0 Å². The molecule has 0 fully saturated rings. The van der Waals surface area contributed by atoms with E-state index in [2.05, 4.69) is 41.0 Å². The highest BCUT2D eigenvalue weighted by Gasteiger charge is 2.00. The lowest BCUT2D eigenvalue weighted by molar-refractivity contribution is -0.688. The molecule has 0 saturated carbocycles. The fourth-order valence-electron chi connectivity index (χ4n) is 1.34. The van der Waals surface area contributed by atoms with Crippen molar-refractivity contribution in [1.82, 2.24) is 4.98 Å². The Labute approximate surface area is 83.9 Å². The Kier molecular flexibility index (Phi) is 2.54. The molecule has 2 aromatic rings. The lowest BCUT2D eigenvalue weighted by atomic mass is 10.2. The lowest BCUT2D eigenvalue weighted by Crippen LogP contribution is -2.33. The lowest BCUT2D eigenvalue weighted by Gasteiger charge is -1.96. The average Bonchev–Trinajstić information content (AvgIpc) is 2.23. The molecule has 2 nitrogen and oxygen atoms in total. The Morgan fingerprint density at radius 1 is 1.07 bits per heavy atom. The van der Waals surface area contributed by atoms with Crippen LogP contribution in [0.3, 0.4) is 0 Å². The predicted molar refractivity (Wildman–Crippen MR) is 54.7 cm³/mol. The molecule has 0 atom stereocenters. The van der Waals surface area contributed by atoms with Gasteiger partial charge in [-0.3, -0.25) is 4.98 Å². The van der Waals surface area contributed by atoms with Gasteiger partial charge >= 0.3 is 0 Å². The molecular formula is C12H13N2+. The van der Waals surface area contributed by atoms with Gasteiger partial charge in [0.2, 0.25) is 0 Å². The topological polar surface area (TPSA) is 16.8 Å². The molecule has 0 bridgehead atoms. The predicted octanol–water partition coefficient (Wildman–Crippen LogP) is 1.73. The van der Waals surface area contributed by atoms with E-state index in [1.54, 1.807) is 0 Å². The number of pyridine rings is 2. The molecule has 0 aromatic carbocycles. The third-order valence-electron chi connectivity index (χ3n) is 2.17.